The molecule has 2 aromatic rings. The van der Waals surface area contributed by atoms with Crippen molar-refractivity contribution < 1.29 is 9.59 Å². The van der Waals surface area contributed by atoms with E-state index >= 15 is 0 Å². The standard InChI is InChI=1S/C19H22N4O2S/c20-18(25)22-14(15-5-2-9-26-15)10-16(24)23-12-19(6-3-7-19)17(23)13-4-1-8-21-11-13/h1-2,4-5,8-9,11,14,17H,3,6-7,10,12H2,(H3,20,22,25). The first kappa shape index (κ1) is 17.0. The minimum absolute atomic E-state index is 0.0449. The lowest BCUT2D eigenvalue weighted by molar-refractivity contribution is -0.169. The molecule has 1 spiro atoms. The van der Waals surface area contributed by atoms with Gasteiger partial charge in [-0.25, -0.2) is 4.79 Å². The maximum atomic E-state index is 13.0. The second-order valence-corrected chi connectivity index (χ2v) is 8.19. The number of likely N-dealkylation sites (tertiary alicyclic amines) is 1. The number of thiophene rings is 1. The van der Waals surface area contributed by atoms with E-state index in [1.54, 1.807) is 6.20 Å². The molecule has 3 N–H and O–H groups in total. The Morgan fingerprint density at radius 2 is 2.23 bits per heavy atom. The van der Waals surface area contributed by atoms with Crippen molar-refractivity contribution in [2.45, 2.75) is 37.8 Å². The van der Waals surface area contributed by atoms with Crippen molar-refractivity contribution in [3.8, 4) is 0 Å². The van der Waals surface area contributed by atoms with E-state index in [0.29, 0.717) is 0 Å². The summed E-state index contributed by atoms with van der Waals surface area (Å²) in [5, 5.41) is 4.64. The van der Waals surface area contributed by atoms with E-state index in [0.717, 1.165) is 29.8 Å². The number of pyridine rings is 1. The summed E-state index contributed by atoms with van der Waals surface area (Å²) in [5.74, 6) is 0.0449. The quantitative estimate of drug-likeness (QED) is 0.848. The number of aromatic nitrogens is 1. The largest absolute Gasteiger partial charge is 0.352 e. The zero-order valence-electron chi connectivity index (χ0n) is 14.4. The van der Waals surface area contributed by atoms with E-state index in [4.69, 9.17) is 5.73 Å². The van der Waals surface area contributed by atoms with Gasteiger partial charge in [-0.05, 0) is 35.9 Å². The molecular weight excluding hydrogens is 348 g/mol. The van der Waals surface area contributed by atoms with Crippen LogP contribution in [-0.2, 0) is 4.79 Å². The zero-order valence-corrected chi connectivity index (χ0v) is 15.2. The van der Waals surface area contributed by atoms with Crippen LogP contribution < -0.4 is 11.1 Å². The molecule has 1 aliphatic carbocycles. The Balaban J connectivity index is 1.52. The number of hydrogen-bond donors (Lipinski definition) is 2. The van der Waals surface area contributed by atoms with Gasteiger partial charge >= 0.3 is 6.03 Å². The van der Waals surface area contributed by atoms with E-state index in [1.165, 1.54) is 17.8 Å². The Hall–Kier alpha value is -2.41. The molecule has 2 aliphatic rings. The van der Waals surface area contributed by atoms with Crippen LogP contribution in [-0.4, -0.2) is 28.4 Å². The van der Waals surface area contributed by atoms with E-state index < -0.39 is 6.03 Å². The van der Waals surface area contributed by atoms with Crippen LogP contribution in [0.25, 0.3) is 0 Å². The molecule has 2 unspecified atom stereocenters. The van der Waals surface area contributed by atoms with Gasteiger partial charge in [-0.15, -0.1) is 11.3 Å². The summed E-state index contributed by atoms with van der Waals surface area (Å²) in [6.07, 6.45) is 7.37. The number of rotatable bonds is 5. The SMILES string of the molecule is NC(=O)NC(CC(=O)N1CC2(CCC2)C1c1cccnc1)c1cccs1. The van der Waals surface area contributed by atoms with Crippen LogP contribution >= 0.6 is 11.3 Å². The van der Waals surface area contributed by atoms with Crippen LogP contribution in [0.3, 0.4) is 0 Å². The van der Waals surface area contributed by atoms with Crippen LogP contribution in [0.2, 0.25) is 0 Å². The van der Waals surface area contributed by atoms with Gasteiger partial charge in [0.15, 0.2) is 0 Å². The maximum Gasteiger partial charge on any atom is 0.312 e. The molecule has 1 saturated carbocycles. The Kier molecular flexibility index (Phi) is 4.40. The van der Waals surface area contributed by atoms with Crippen LogP contribution in [0, 0.1) is 5.41 Å². The van der Waals surface area contributed by atoms with Crippen molar-refractivity contribution in [2.75, 3.05) is 6.54 Å². The first-order valence-electron chi connectivity index (χ1n) is 8.88. The van der Waals surface area contributed by atoms with Crippen LogP contribution in [0.5, 0.6) is 0 Å². The highest BCUT2D eigenvalue weighted by atomic mass is 32.1. The molecule has 3 heterocycles. The molecule has 0 aromatic carbocycles. The average molecular weight is 370 g/mol. The van der Waals surface area contributed by atoms with Gasteiger partial charge in [0, 0.05) is 29.2 Å². The lowest BCUT2D eigenvalue weighted by Crippen LogP contribution is -2.63. The van der Waals surface area contributed by atoms with Crippen molar-refractivity contribution in [3.63, 3.8) is 0 Å². The third-order valence-electron chi connectivity index (χ3n) is 5.63. The van der Waals surface area contributed by atoms with E-state index in [2.05, 4.69) is 16.4 Å². The van der Waals surface area contributed by atoms with Gasteiger partial charge < -0.3 is 16.0 Å². The van der Waals surface area contributed by atoms with Gasteiger partial charge in [0.05, 0.1) is 18.5 Å². The predicted molar refractivity (Wildman–Crippen MR) is 99.4 cm³/mol. The lowest BCUT2D eigenvalue weighted by atomic mass is 9.56. The van der Waals surface area contributed by atoms with Gasteiger partial charge in [0.1, 0.15) is 0 Å². The summed E-state index contributed by atoms with van der Waals surface area (Å²) < 4.78 is 0. The Morgan fingerprint density at radius 1 is 1.38 bits per heavy atom. The van der Waals surface area contributed by atoms with Crippen molar-refractivity contribution in [1.82, 2.24) is 15.2 Å². The minimum atomic E-state index is -0.612. The van der Waals surface area contributed by atoms with Crippen LogP contribution in [0.15, 0.2) is 42.0 Å². The fourth-order valence-electron chi connectivity index (χ4n) is 4.28. The number of carbonyl (C=O) groups is 2. The fraction of sp³-hybridized carbons (Fsp3) is 0.421. The molecule has 26 heavy (non-hydrogen) atoms. The number of carbonyl (C=O) groups excluding carboxylic acids is 2. The predicted octanol–water partition coefficient (Wildman–Crippen LogP) is 3.00. The molecule has 1 aliphatic heterocycles. The highest BCUT2D eigenvalue weighted by Gasteiger charge is 2.57. The molecule has 3 amide bonds. The highest BCUT2D eigenvalue weighted by molar-refractivity contribution is 7.10. The van der Waals surface area contributed by atoms with E-state index in [9.17, 15) is 9.59 Å². The summed E-state index contributed by atoms with van der Waals surface area (Å²) in [6.45, 7) is 0.791. The molecule has 2 atom stereocenters. The minimum Gasteiger partial charge on any atom is -0.352 e. The summed E-state index contributed by atoms with van der Waals surface area (Å²) in [4.78, 5) is 31.5. The number of nitrogens with two attached hydrogens (primary N) is 1. The first-order chi connectivity index (χ1) is 12.6. The third-order valence-corrected chi connectivity index (χ3v) is 6.61. The number of urea groups is 1. The fourth-order valence-corrected chi connectivity index (χ4v) is 5.05. The second kappa shape index (κ2) is 6.72. The number of hydrogen-bond acceptors (Lipinski definition) is 4. The molecule has 6 nitrogen and oxygen atoms in total. The van der Waals surface area contributed by atoms with Crippen molar-refractivity contribution in [2.24, 2.45) is 11.1 Å². The summed E-state index contributed by atoms with van der Waals surface area (Å²) in [7, 11) is 0. The number of nitrogens with one attached hydrogen (secondary N) is 1. The van der Waals surface area contributed by atoms with Gasteiger partial charge in [-0.1, -0.05) is 18.6 Å². The van der Waals surface area contributed by atoms with E-state index in [-0.39, 0.29) is 29.8 Å². The molecule has 136 valence electrons. The van der Waals surface area contributed by atoms with Crippen LogP contribution in [0.1, 0.15) is 48.2 Å². The molecule has 0 bridgehead atoms. The maximum absolute atomic E-state index is 13.0. The monoisotopic (exact) mass is 370 g/mol. The normalized spacial score (nSPS) is 21.5. The van der Waals surface area contributed by atoms with Crippen molar-refractivity contribution in [1.29, 1.82) is 0 Å². The summed E-state index contributed by atoms with van der Waals surface area (Å²) in [5.41, 5.74) is 6.63. The topological polar surface area (TPSA) is 88.3 Å². The third kappa shape index (κ3) is 2.96. The number of nitrogens with zero attached hydrogens (tertiary/aromatic N) is 2. The molecular formula is C19H22N4O2S. The Bertz CT molecular complexity index is 789. The van der Waals surface area contributed by atoms with Crippen molar-refractivity contribution >= 4 is 23.3 Å². The molecule has 2 fully saturated rings. The number of amides is 3. The Labute approximate surface area is 156 Å². The summed E-state index contributed by atoms with van der Waals surface area (Å²) in [6, 6.07) is 6.90. The smallest absolute Gasteiger partial charge is 0.312 e. The first-order valence-corrected chi connectivity index (χ1v) is 9.76. The van der Waals surface area contributed by atoms with Gasteiger partial charge in [0.25, 0.3) is 0 Å². The highest BCUT2D eigenvalue weighted by Crippen LogP contribution is 2.60. The molecule has 2 aromatic heterocycles. The number of primary amides is 1. The summed E-state index contributed by atoms with van der Waals surface area (Å²) >= 11 is 1.51. The molecule has 0 radical (unpaired) electrons. The lowest BCUT2D eigenvalue weighted by Gasteiger charge is -2.62. The van der Waals surface area contributed by atoms with Crippen LogP contribution in [0.4, 0.5) is 4.79 Å². The molecule has 1 saturated heterocycles. The van der Waals surface area contributed by atoms with Gasteiger partial charge in [-0.2, -0.15) is 0 Å². The Morgan fingerprint density at radius 3 is 2.81 bits per heavy atom. The van der Waals surface area contributed by atoms with Gasteiger partial charge in [0.2, 0.25) is 5.91 Å². The van der Waals surface area contributed by atoms with Gasteiger partial charge in [-0.3, -0.25) is 9.78 Å². The molecule has 4 rings (SSSR count). The van der Waals surface area contributed by atoms with Crippen molar-refractivity contribution in [3.05, 3.63) is 52.5 Å². The molecule has 7 heteroatoms. The zero-order chi connectivity index (χ0) is 18.1. The van der Waals surface area contributed by atoms with E-state index in [1.807, 2.05) is 34.7 Å². The average Bonchev–Trinajstić information content (AvgIpc) is 3.07. The second-order valence-electron chi connectivity index (χ2n) is 7.21.